The van der Waals surface area contributed by atoms with Crippen LogP contribution in [0.15, 0.2) is 24.5 Å². The van der Waals surface area contributed by atoms with Crippen molar-refractivity contribution in [3.8, 4) is 0 Å². The summed E-state index contributed by atoms with van der Waals surface area (Å²) >= 11 is 0. The summed E-state index contributed by atoms with van der Waals surface area (Å²) in [6.45, 7) is 9.13. The Labute approximate surface area is 125 Å². The number of carbonyl (C=O) groups is 2. The minimum Gasteiger partial charge on any atom is -0.457 e. The van der Waals surface area contributed by atoms with E-state index in [4.69, 9.17) is 9.47 Å². The highest BCUT2D eigenvalue weighted by Gasteiger charge is 2.30. The third-order valence-corrected chi connectivity index (χ3v) is 2.45. The number of ether oxygens (including phenoxy) is 2. The van der Waals surface area contributed by atoms with E-state index in [1.807, 2.05) is 13.8 Å². The van der Waals surface area contributed by atoms with E-state index in [0.717, 1.165) is 0 Å². The molecule has 0 bridgehead atoms. The van der Waals surface area contributed by atoms with Crippen LogP contribution in [0.25, 0.3) is 0 Å². The zero-order chi connectivity index (χ0) is 16.0. The van der Waals surface area contributed by atoms with Crippen molar-refractivity contribution in [3.63, 3.8) is 0 Å². The number of aromatic nitrogens is 1. The molecule has 116 valence electrons. The van der Waals surface area contributed by atoms with Gasteiger partial charge < -0.3 is 9.47 Å². The topological polar surface area (TPSA) is 65.5 Å². The smallest absolute Gasteiger partial charge is 0.352 e. The monoisotopic (exact) mass is 293 g/mol. The summed E-state index contributed by atoms with van der Waals surface area (Å²) in [5.74, 6) is -0.835. The van der Waals surface area contributed by atoms with E-state index in [0.29, 0.717) is 5.56 Å². The summed E-state index contributed by atoms with van der Waals surface area (Å²) in [4.78, 5) is 28.0. The first kappa shape index (κ1) is 17.1. The van der Waals surface area contributed by atoms with Crippen molar-refractivity contribution in [2.75, 3.05) is 0 Å². The molecular weight excluding hydrogens is 270 g/mol. The number of esters is 2. The second-order valence-corrected chi connectivity index (χ2v) is 6.28. The molecule has 0 fully saturated rings. The number of carbonyl (C=O) groups excluding carboxylic acids is 2. The lowest BCUT2D eigenvalue weighted by molar-refractivity contribution is -0.176. The number of pyridine rings is 1. The standard InChI is InChI=1S/C16H23NO4/c1-11(2)10-13(18)20-14(12-6-8-17-9-7-12)15(19)21-16(3,4)5/h6-9,11,14H,10H2,1-5H3. The summed E-state index contributed by atoms with van der Waals surface area (Å²) in [5.41, 5.74) is -0.0938. The van der Waals surface area contributed by atoms with Crippen LogP contribution in [0.2, 0.25) is 0 Å². The predicted molar refractivity (Wildman–Crippen MR) is 78.4 cm³/mol. The fourth-order valence-electron chi connectivity index (χ4n) is 1.66. The number of hydrogen-bond acceptors (Lipinski definition) is 5. The fourth-order valence-corrected chi connectivity index (χ4v) is 1.66. The van der Waals surface area contributed by atoms with Crippen molar-refractivity contribution in [2.45, 2.75) is 52.7 Å². The van der Waals surface area contributed by atoms with Crippen LogP contribution in [0.3, 0.4) is 0 Å². The molecule has 5 nitrogen and oxygen atoms in total. The van der Waals surface area contributed by atoms with Gasteiger partial charge in [0.2, 0.25) is 6.10 Å². The Bertz CT molecular complexity index is 477. The molecule has 0 N–H and O–H groups in total. The van der Waals surface area contributed by atoms with E-state index in [9.17, 15) is 9.59 Å². The van der Waals surface area contributed by atoms with Gasteiger partial charge >= 0.3 is 11.9 Å². The van der Waals surface area contributed by atoms with Crippen molar-refractivity contribution in [3.05, 3.63) is 30.1 Å². The molecule has 0 aliphatic rings. The normalized spacial score (nSPS) is 12.9. The predicted octanol–water partition coefficient (Wildman–Crippen LogP) is 3.05. The largest absolute Gasteiger partial charge is 0.457 e. The Morgan fingerprint density at radius 1 is 1.19 bits per heavy atom. The van der Waals surface area contributed by atoms with E-state index in [1.54, 1.807) is 45.3 Å². The Morgan fingerprint density at radius 2 is 1.76 bits per heavy atom. The van der Waals surface area contributed by atoms with Crippen LogP contribution >= 0.6 is 0 Å². The summed E-state index contributed by atoms with van der Waals surface area (Å²) < 4.78 is 10.6. The lowest BCUT2D eigenvalue weighted by Gasteiger charge is -2.24. The molecule has 21 heavy (non-hydrogen) atoms. The highest BCUT2D eigenvalue weighted by atomic mass is 16.6. The molecule has 0 saturated heterocycles. The van der Waals surface area contributed by atoms with Crippen LogP contribution in [0.4, 0.5) is 0 Å². The van der Waals surface area contributed by atoms with E-state index in [1.165, 1.54) is 0 Å². The lowest BCUT2D eigenvalue weighted by atomic mass is 10.1. The summed E-state index contributed by atoms with van der Waals surface area (Å²) in [6.07, 6.45) is 2.29. The van der Waals surface area contributed by atoms with Crippen LogP contribution in [0, 0.1) is 5.92 Å². The minimum absolute atomic E-state index is 0.161. The Kier molecular flexibility index (Phi) is 5.88. The molecule has 0 aliphatic carbocycles. The molecular formula is C16H23NO4. The quantitative estimate of drug-likeness (QED) is 0.781. The number of hydrogen-bond donors (Lipinski definition) is 0. The van der Waals surface area contributed by atoms with E-state index >= 15 is 0 Å². The van der Waals surface area contributed by atoms with Gasteiger partial charge in [-0.05, 0) is 38.8 Å². The second-order valence-electron chi connectivity index (χ2n) is 6.28. The van der Waals surface area contributed by atoms with Crippen molar-refractivity contribution < 1.29 is 19.1 Å². The SMILES string of the molecule is CC(C)CC(=O)OC(C(=O)OC(C)(C)C)c1ccncc1. The van der Waals surface area contributed by atoms with Crippen molar-refractivity contribution in [1.29, 1.82) is 0 Å². The maximum absolute atomic E-state index is 12.3. The molecule has 1 atom stereocenters. The van der Waals surface area contributed by atoms with E-state index in [-0.39, 0.29) is 12.3 Å². The van der Waals surface area contributed by atoms with Crippen LogP contribution in [-0.4, -0.2) is 22.5 Å². The van der Waals surface area contributed by atoms with Gasteiger partial charge in [0.15, 0.2) is 0 Å². The van der Waals surface area contributed by atoms with Crippen LogP contribution in [-0.2, 0) is 19.1 Å². The Balaban J connectivity index is 2.90. The minimum atomic E-state index is -1.06. The lowest BCUT2D eigenvalue weighted by Crippen LogP contribution is -2.30. The molecule has 5 heteroatoms. The van der Waals surface area contributed by atoms with Gasteiger partial charge in [0.05, 0.1) is 0 Å². The van der Waals surface area contributed by atoms with Gasteiger partial charge in [-0.1, -0.05) is 13.8 Å². The first-order valence-corrected chi connectivity index (χ1v) is 7.01. The first-order chi connectivity index (χ1) is 9.69. The van der Waals surface area contributed by atoms with Gasteiger partial charge in [-0.2, -0.15) is 0 Å². The molecule has 0 spiro atoms. The average Bonchev–Trinajstić information content (AvgIpc) is 2.34. The second kappa shape index (κ2) is 7.20. The van der Waals surface area contributed by atoms with Crippen molar-refractivity contribution >= 4 is 11.9 Å². The van der Waals surface area contributed by atoms with Gasteiger partial charge in [-0.25, -0.2) is 4.79 Å². The summed E-state index contributed by atoms with van der Waals surface area (Å²) in [5, 5.41) is 0. The molecule has 1 heterocycles. The highest BCUT2D eigenvalue weighted by molar-refractivity contribution is 5.81. The van der Waals surface area contributed by atoms with Gasteiger partial charge in [-0.3, -0.25) is 9.78 Å². The van der Waals surface area contributed by atoms with E-state index in [2.05, 4.69) is 4.98 Å². The van der Waals surface area contributed by atoms with Crippen molar-refractivity contribution in [1.82, 2.24) is 4.98 Å². The molecule has 0 aliphatic heterocycles. The van der Waals surface area contributed by atoms with Gasteiger partial charge in [0.1, 0.15) is 5.60 Å². The number of nitrogens with zero attached hydrogens (tertiary/aromatic N) is 1. The van der Waals surface area contributed by atoms with Gasteiger partial charge in [-0.15, -0.1) is 0 Å². The number of rotatable bonds is 5. The third-order valence-electron chi connectivity index (χ3n) is 2.45. The van der Waals surface area contributed by atoms with Gasteiger partial charge in [0, 0.05) is 24.4 Å². The van der Waals surface area contributed by atoms with E-state index < -0.39 is 23.6 Å². The maximum Gasteiger partial charge on any atom is 0.352 e. The molecule has 0 radical (unpaired) electrons. The average molecular weight is 293 g/mol. The Morgan fingerprint density at radius 3 is 2.24 bits per heavy atom. The molecule has 1 aromatic rings. The molecule has 0 amide bonds. The maximum atomic E-state index is 12.3. The molecule has 1 aromatic heterocycles. The molecule has 1 rings (SSSR count). The Hall–Kier alpha value is -1.91. The molecule has 1 unspecified atom stereocenters. The molecule has 0 saturated carbocycles. The highest BCUT2D eigenvalue weighted by Crippen LogP contribution is 2.23. The van der Waals surface area contributed by atoms with Crippen LogP contribution in [0.5, 0.6) is 0 Å². The zero-order valence-corrected chi connectivity index (χ0v) is 13.3. The van der Waals surface area contributed by atoms with Crippen LogP contribution in [0.1, 0.15) is 52.7 Å². The van der Waals surface area contributed by atoms with Gasteiger partial charge in [0.25, 0.3) is 0 Å². The summed E-state index contributed by atoms with van der Waals surface area (Å²) in [6, 6.07) is 3.27. The fraction of sp³-hybridized carbons (Fsp3) is 0.562. The zero-order valence-electron chi connectivity index (χ0n) is 13.3. The third kappa shape index (κ3) is 6.38. The molecule has 0 aromatic carbocycles. The van der Waals surface area contributed by atoms with Crippen molar-refractivity contribution in [2.24, 2.45) is 5.92 Å². The summed E-state index contributed by atoms with van der Waals surface area (Å²) in [7, 11) is 0. The first-order valence-electron chi connectivity index (χ1n) is 7.01. The van der Waals surface area contributed by atoms with Crippen LogP contribution < -0.4 is 0 Å².